The highest BCUT2D eigenvalue weighted by Gasteiger charge is 2.28. The predicted molar refractivity (Wildman–Crippen MR) is 86.7 cm³/mol. The molecule has 0 unspecified atom stereocenters. The molecule has 0 spiro atoms. The van der Waals surface area contributed by atoms with E-state index in [9.17, 15) is 8.42 Å². The van der Waals surface area contributed by atoms with Gasteiger partial charge in [-0.15, -0.1) is 11.6 Å². The SMILES string of the molecule is CCC(CC)N(C)S(=O)(=O)c1ccc(OC)cc1CCCl. The predicted octanol–water partition coefficient (Wildman–Crippen LogP) is 3.29. The molecule has 0 aliphatic carbocycles. The number of hydrogen-bond acceptors (Lipinski definition) is 3. The minimum atomic E-state index is -3.52. The van der Waals surface area contributed by atoms with Crippen molar-refractivity contribution in [3.8, 4) is 5.75 Å². The van der Waals surface area contributed by atoms with Gasteiger partial charge in [-0.2, -0.15) is 4.31 Å². The maximum atomic E-state index is 12.8. The van der Waals surface area contributed by atoms with Crippen molar-refractivity contribution < 1.29 is 13.2 Å². The molecule has 1 aromatic rings. The van der Waals surface area contributed by atoms with Crippen molar-refractivity contribution in [3.05, 3.63) is 23.8 Å². The van der Waals surface area contributed by atoms with Crippen LogP contribution < -0.4 is 4.74 Å². The first-order chi connectivity index (χ1) is 9.92. The summed E-state index contributed by atoms with van der Waals surface area (Å²) >= 11 is 5.80. The van der Waals surface area contributed by atoms with E-state index in [1.54, 1.807) is 32.4 Å². The van der Waals surface area contributed by atoms with Crippen LogP contribution in [0.15, 0.2) is 23.1 Å². The second-order valence-corrected chi connectivity index (χ2v) is 7.25. The molecule has 6 heteroatoms. The van der Waals surface area contributed by atoms with Crippen molar-refractivity contribution in [2.24, 2.45) is 0 Å². The van der Waals surface area contributed by atoms with Crippen molar-refractivity contribution >= 4 is 21.6 Å². The second-order valence-electron chi connectivity index (χ2n) is 4.90. The molecule has 0 heterocycles. The topological polar surface area (TPSA) is 46.6 Å². The first-order valence-electron chi connectivity index (χ1n) is 7.13. The maximum Gasteiger partial charge on any atom is 0.243 e. The van der Waals surface area contributed by atoms with Gasteiger partial charge in [0.2, 0.25) is 10.0 Å². The molecule has 0 bridgehead atoms. The van der Waals surface area contributed by atoms with Crippen LogP contribution in [0.1, 0.15) is 32.3 Å². The van der Waals surface area contributed by atoms with E-state index in [2.05, 4.69) is 0 Å². The van der Waals surface area contributed by atoms with Crippen molar-refractivity contribution in [2.75, 3.05) is 20.0 Å². The van der Waals surface area contributed by atoms with E-state index in [1.807, 2.05) is 13.8 Å². The Morgan fingerprint density at radius 2 is 1.90 bits per heavy atom. The van der Waals surface area contributed by atoms with E-state index in [0.29, 0.717) is 28.5 Å². The van der Waals surface area contributed by atoms with Crippen LogP contribution in [-0.4, -0.2) is 38.8 Å². The first-order valence-corrected chi connectivity index (χ1v) is 9.10. The summed E-state index contributed by atoms with van der Waals surface area (Å²) in [7, 11) is -0.321. The Bertz CT molecular complexity index is 556. The third-order valence-electron chi connectivity index (χ3n) is 3.75. The summed E-state index contributed by atoms with van der Waals surface area (Å²) in [6.45, 7) is 3.99. The third-order valence-corrected chi connectivity index (χ3v) is 5.94. The molecule has 1 rings (SSSR count). The molecule has 0 saturated heterocycles. The van der Waals surface area contributed by atoms with Gasteiger partial charge in [0.05, 0.1) is 12.0 Å². The van der Waals surface area contributed by atoms with Crippen LogP contribution >= 0.6 is 11.6 Å². The average molecular weight is 334 g/mol. The third kappa shape index (κ3) is 4.11. The van der Waals surface area contributed by atoms with Gasteiger partial charge in [0, 0.05) is 19.0 Å². The molecule has 21 heavy (non-hydrogen) atoms. The number of rotatable bonds is 8. The zero-order valence-electron chi connectivity index (χ0n) is 13.1. The van der Waals surface area contributed by atoms with Gasteiger partial charge in [0.15, 0.2) is 0 Å². The Morgan fingerprint density at radius 1 is 1.29 bits per heavy atom. The molecule has 120 valence electrons. The fraction of sp³-hybridized carbons (Fsp3) is 0.600. The van der Waals surface area contributed by atoms with Gasteiger partial charge in [0.25, 0.3) is 0 Å². The van der Waals surface area contributed by atoms with Gasteiger partial charge in [0.1, 0.15) is 5.75 Å². The number of benzene rings is 1. The van der Waals surface area contributed by atoms with Gasteiger partial charge in [-0.05, 0) is 43.0 Å². The Labute approximate surface area is 133 Å². The Morgan fingerprint density at radius 3 is 2.38 bits per heavy atom. The van der Waals surface area contributed by atoms with E-state index < -0.39 is 10.0 Å². The van der Waals surface area contributed by atoms with Crippen LogP contribution in [0.5, 0.6) is 5.75 Å². The maximum absolute atomic E-state index is 12.8. The van der Waals surface area contributed by atoms with Crippen molar-refractivity contribution in [1.29, 1.82) is 0 Å². The van der Waals surface area contributed by atoms with Gasteiger partial charge in [-0.1, -0.05) is 13.8 Å². The molecule has 0 aliphatic heterocycles. The van der Waals surface area contributed by atoms with Crippen LogP contribution in [0.3, 0.4) is 0 Å². The monoisotopic (exact) mass is 333 g/mol. The smallest absolute Gasteiger partial charge is 0.243 e. The van der Waals surface area contributed by atoms with Gasteiger partial charge in [-0.3, -0.25) is 0 Å². The summed E-state index contributed by atoms with van der Waals surface area (Å²) in [4.78, 5) is 0.318. The van der Waals surface area contributed by atoms with Crippen LogP contribution in [0.4, 0.5) is 0 Å². The lowest BCUT2D eigenvalue weighted by Crippen LogP contribution is -2.36. The Hall–Kier alpha value is -0.780. The zero-order valence-corrected chi connectivity index (χ0v) is 14.7. The largest absolute Gasteiger partial charge is 0.497 e. The number of aryl methyl sites for hydroxylation is 1. The molecule has 0 fully saturated rings. The van der Waals surface area contributed by atoms with Crippen LogP contribution in [0.25, 0.3) is 0 Å². The fourth-order valence-electron chi connectivity index (χ4n) is 2.39. The van der Waals surface area contributed by atoms with Crippen LogP contribution in [0.2, 0.25) is 0 Å². The summed E-state index contributed by atoms with van der Waals surface area (Å²) in [6.07, 6.45) is 2.06. The number of alkyl halides is 1. The van der Waals surface area contributed by atoms with E-state index in [0.717, 1.165) is 12.8 Å². The van der Waals surface area contributed by atoms with Crippen LogP contribution in [0, 0.1) is 0 Å². The summed E-state index contributed by atoms with van der Waals surface area (Å²) in [5.74, 6) is 1.00. The first kappa shape index (κ1) is 18.3. The van der Waals surface area contributed by atoms with Crippen molar-refractivity contribution in [3.63, 3.8) is 0 Å². The molecule has 0 radical (unpaired) electrons. The summed E-state index contributed by atoms with van der Waals surface area (Å²) in [5.41, 5.74) is 0.696. The second kappa shape index (κ2) is 8.01. The molecule has 4 nitrogen and oxygen atoms in total. The number of ether oxygens (including phenoxy) is 1. The van der Waals surface area contributed by atoms with E-state index in [4.69, 9.17) is 16.3 Å². The quantitative estimate of drug-likeness (QED) is 0.686. The molecule has 0 saturated carbocycles. The van der Waals surface area contributed by atoms with E-state index in [-0.39, 0.29) is 6.04 Å². The molecule has 1 aromatic carbocycles. The normalized spacial score (nSPS) is 12.1. The highest BCUT2D eigenvalue weighted by molar-refractivity contribution is 7.89. The molecule has 0 atom stereocenters. The van der Waals surface area contributed by atoms with Gasteiger partial charge < -0.3 is 4.74 Å². The minimum absolute atomic E-state index is 0.000883. The number of methoxy groups -OCH3 is 1. The lowest BCUT2D eigenvalue weighted by molar-refractivity contribution is 0.349. The fourth-order valence-corrected chi connectivity index (χ4v) is 4.32. The van der Waals surface area contributed by atoms with Crippen molar-refractivity contribution in [1.82, 2.24) is 4.31 Å². The average Bonchev–Trinajstić information content (AvgIpc) is 2.48. The summed E-state index contributed by atoms with van der Waals surface area (Å²) in [5, 5.41) is 0. The summed E-state index contributed by atoms with van der Waals surface area (Å²) < 4.78 is 32.3. The lowest BCUT2D eigenvalue weighted by atomic mass is 10.1. The highest BCUT2D eigenvalue weighted by Crippen LogP contribution is 2.27. The zero-order chi connectivity index (χ0) is 16.0. The van der Waals surface area contributed by atoms with Gasteiger partial charge >= 0.3 is 0 Å². The number of halogens is 1. The van der Waals surface area contributed by atoms with Gasteiger partial charge in [-0.25, -0.2) is 8.42 Å². The van der Waals surface area contributed by atoms with E-state index in [1.165, 1.54) is 4.31 Å². The number of nitrogens with zero attached hydrogens (tertiary/aromatic N) is 1. The number of hydrogen-bond donors (Lipinski definition) is 0. The minimum Gasteiger partial charge on any atom is -0.497 e. The summed E-state index contributed by atoms with van der Waals surface area (Å²) in [6, 6.07) is 5.02. The highest BCUT2D eigenvalue weighted by atomic mass is 35.5. The standard InChI is InChI=1S/C15H24ClNO3S/c1-5-13(6-2)17(3)21(18,19)15-8-7-14(20-4)11-12(15)9-10-16/h7-8,11,13H,5-6,9-10H2,1-4H3. The molecular weight excluding hydrogens is 310 g/mol. The van der Waals surface area contributed by atoms with Crippen LogP contribution in [-0.2, 0) is 16.4 Å². The molecule has 0 aromatic heterocycles. The molecule has 0 amide bonds. The Balaban J connectivity index is 3.29. The lowest BCUT2D eigenvalue weighted by Gasteiger charge is -2.26. The van der Waals surface area contributed by atoms with Crippen molar-refractivity contribution in [2.45, 2.75) is 44.0 Å². The molecule has 0 N–H and O–H groups in total. The Kier molecular flexibility index (Phi) is 6.97. The molecular formula is C15H24ClNO3S. The number of sulfonamides is 1. The molecule has 0 aliphatic rings. The van der Waals surface area contributed by atoms with E-state index >= 15 is 0 Å².